The van der Waals surface area contributed by atoms with Crippen molar-refractivity contribution in [1.29, 1.82) is 5.26 Å². The van der Waals surface area contributed by atoms with E-state index in [0.29, 0.717) is 6.17 Å². The number of alkyl halides is 3. The molecule has 0 bridgehead atoms. The number of rotatable bonds is 3. The first kappa shape index (κ1) is 16.7. The van der Waals surface area contributed by atoms with Crippen molar-refractivity contribution in [3.05, 3.63) is 34.9 Å². The Bertz CT molecular complexity index is 556. The fourth-order valence-electron chi connectivity index (χ4n) is 1.47. The lowest BCUT2D eigenvalue weighted by molar-refractivity contribution is -0.137. The molecule has 0 aromatic heterocycles. The summed E-state index contributed by atoms with van der Waals surface area (Å²) in [7, 11) is -1.39. The molecule has 0 spiro atoms. The number of hydrogen-bond acceptors (Lipinski definition) is 2. The van der Waals surface area contributed by atoms with Crippen LogP contribution in [0.5, 0.6) is 0 Å². The summed E-state index contributed by atoms with van der Waals surface area (Å²) in [6.07, 6.45) is -3.87. The van der Waals surface area contributed by atoms with Crippen LogP contribution in [-0.4, -0.2) is 19.2 Å². The summed E-state index contributed by atoms with van der Waals surface area (Å²) in [5, 5.41) is 11.7. The number of halogens is 3. The first-order chi connectivity index (χ1) is 9.04. The zero-order chi connectivity index (χ0) is 15.6. The van der Waals surface area contributed by atoms with Crippen molar-refractivity contribution in [2.75, 3.05) is 6.17 Å². The van der Waals surface area contributed by atoms with Gasteiger partial charge < -0.3 is 5.32 Å². The second kappa shape index (κ2) is 5.93. The van der Waals surface area contributed by atoms with E-state index in [2.05, 4.69) is 25.0 Å². The van der Waals surface area contributed by atoms with Crippen LogP contribution in [0.4, 0.5) is 13.2 Å². The van der Waals surface area contributed by atoms with Crippen LogP contribution in [-0.2, 0) is 6.18 Å². The molecule has 1 N–H and O–H groups in total. The van der Waals surface area contributed by atoms with Crippen LogP contribution in [0.2, 0.25) is 19.6 Å². The first-order valence-corrected chi connectivity index (χ1v) is 10.1. The van der Waals surface area contributed by atoms with Crippen LogP contribution >= 0.6 is 12.2 Å². The van der Waals surface area contributed by atoms with Crippen LogP contribution < -0.4 is 5.32 Å². The van der Waals surface area contributed by atoms with E-state index >= 15 is 0 Å². The van der Waals surface area contributed by atoms with Gasteiger partial charge in [-0.25, -0.2) is 0 Å². The fraction of sp³-hybridized carbons (Fsp3) is 0.385. The largest absolute Gasteiger partial charge is 0.417 e. The minimum atomic E-state index is -4.56. The van der Waals surface area contributed by atoms with Gasteiger partial charge in [0.1, 0.15) is 4.99 Å². The standard InChI is InChI=1S/C13H15F3N2SSi/c1-20(2,3)8-18-12(19)9-4-5-10(7-17)11(6-9)13(14,15)16/h4-6H,8H2,1-3H3,(H,18,19). The van der Waals surface area contributed by atoms with Crippen molar-refractivity contribution >= 4 is 25.3 Å². The average molecular weight is 316 g/mol. The van der Waals surface area contributed by atoms with E-state index in [4.69, 9.17) is 17.5 Å². The summed E-state index contributed by atoms with van der Waals surface area (Å²) in [4.78, 5) is 0.280. The lowest BCUT2D eigenvalue weighted by atomic mass is 10.0. The maximum atomic E-state index is 12.8. The summed E-state index contributed by atoms with van der Waals surface area (Å²) in [6.45, 7) is 6.38. The highest BCUT2D eigenvalue weighted by Gasteiger charge is 2.34. The zero-order valence-corrected chi connectivity index (χ0v) is 13.2. The van der Waals surface area contributed by atoms with Gasteiger partial charge in [-0.05, 0) is 12.1 Å². The Morgan fingerprint density at radius 1 is 1.35 bits per heavy atom. The highest BCUT2D eigenvalue weighted by Crippen LogP contribution is 2.32. The Balaban J connectivity index is 3.04. The molecule has 0 atom stereocenters. The van der Waals surface area contributed by atoms with Gasteiger partial charge in [-0.3, -0.25) is 0 Å². The molecular formula is C13H15F3N2SSi. The van der Waals surface area contributed by atoms with Crippen molar-refractivity contribution in [3.8, 4) is 6.07 Å². The van der Waals surface area contributed by atoms with Gasteiger partial charge >= 0.3 is 6.18 Å². The number of hydrogen-bond donors (Lipinski definition) is 1. The predicted octanol–water partition coefficient (Wildman–Crippen LogP) is 3.72. The van der Waals surface area contributed by atoms with Crippen molar-refractivity contribution in [3.63, 3.8) is 0 Å². The van der Waals surface area contributed by atoms with Gasteiger partial charge in [0.15, 0.2) is 0 Å². The average Bonchev–Trinajstić information content (AvgIpc) is 2.33. The molecule has 7 heteroatoms. The Hall–Kier alpha value is -1.39. The summed E-state index contributed by atoms with van der Waals surface area (Å²) >= 11 is 5.11. The van der Waals surface area contributed by atoms with E-state index in [1.165, 1.54) is 6.07 Å². The molecule has 0 aliphatic rings. The molecule has 2 nitrogen and oxygen atoms in total. The summed E-state index contributed by atoms with van der Waals surface area (Å²) in [6, 6.07) is 5.07. The topological polar surface area (TPSA) is 35.8 Å². The molecule has 1 rings (SSSR count). The molecule has 108 valence electrons. The lowest BCUT2D eigenvalue weighted by Gasteiger charge is -2.18. The van der Waals surface area contributed by atoms with Gasteiger partial charge in [-0.2, -0.15) is 18.4 Å². The maximum Gasteiger partial charge on any atom is 0.417 e. The SMILES string of the molecule is C[Si](C)(C)CNC(=S)c1ccc(C#N)c(C(F)(F)F)c1. The minimum absolute atomic E-state index is 0.280. The van der Waals surface area contributed by atoms with E-state index in [-0.39, 0.29) is 10.6 Å². The molecule has 0 saturated heterocycles. The minimum Gasteiger partial charge on any atom is -0.379 e. The summed E-state index contributed by atoms with van der Waals surface area (Å²) in [5.41, 5.74) is -1.06. The second-order valence-corrected chi connectivity index (χ2v) is 11.5. The highest BCUT2D eigenvalue weighted by molar-refractivity contribution is 7.80. The molecule has 0 unspecified atom stereocenters. The van der Waals surface area contributed by atoms with Crippen molar-refractivity contribution < 1.29 is 13.2 Å². The smallest absolute Gasteiger partial charge is 0.379 e. The Morgan fingerprint density at radius 2 is 1.95 bits per heavy atom. The summed E-state index contributed by atoms with van der Waals surface area (Å²) < 4.78 is 38.5. The lowest BCUT2D eigenvalue weighted by Crippen LogP contribution is -2.39. The molecule has 0 saturated carbocycles. The normalized spacial score (nSPS) is 11.8. The Morgan fingerprint density at radius 3 is 2.40 bits per heavy atom. The Kier molecular flexibility index (Phi) is 4.94. The first-order valence-electron chi connectivity index (χ1n) is 5.94. The Labute approximate surface area is 122 Å². The van der Waals surface area contributed by atoms with Crippen molar-refractivity contribution in [2.45, 2.75) is 25.8 Å². The third-order valence-electron chi connectivity index (χ3n) is 2.49. The second-order valence-electron chi connectivity index (χ2n) is 5.61. The van der Waals surface area contributed by atoms with Gasteiger partial charge in [0.2, 0.25) is 0 Å². The van der Waals surface area contributed by atoms with E-state index in [1.807, 2.05) is 0 Å². The maximum absolute atomic E-state index is 12.8. The number of nitrogens with one attached hydrogen (secondary N) is 1. The van der Waals surface area contributed by atoms with Crippen LogP contribution in [0.3, 0.4) is 0 Å². The predicted molar refractivity (Wildman–Crippen MR) is 79.2 cm³/mol. The number of nitrogens with zero attached hydrogens (tertiary/aromatic N) is 1. The molecule has 0 aliphatic carbocycles. The van der Waals surface area contributed by atoms with Crippen molar-refractivity contribution in [1.82, 2.24) is 5.32 Å². The molecule has 0 aliphatic heterocycles. The quantitative estimate of drug-likeness (QED) is 0.682. The van der Waals surface area contributed by atoms with Crippen molar-refractivity contribution in [2.24, 2.45) is 0 Å². The van der Waals surface area contributed by atoms with Crippen LogP contribution in [0.1, 0.15) is 16.7 Å². The van der Waals surface area contributed by atoms with Gasteiger partial charge in [-0.1, -0.05) is 37.9 Å². The molecule has 0 fully saturated rings. The number of benzene rings is 1. The highest BCUT2D eigenvalue weighted by atomic mass is 32.1. The molecule has 1 aromatic carbocycles. The van der Waals surface area contributed by atoms with E-state index in [9.17, 15) is 13.2 Å². The number of nitriles is 1. The van der Waals surface area contributed by atoms with Gasteiger partial charge in [-0.15, -0.1) is 0 Å². The molecule has 0 amide bonds. The molecule has 0 heterocycles. The number of thiocarbonyl (C=S) groups is 1. The monoisotopic (exact) mass is 316 g/mol. The van der Waals surface area contributed by atoms with Crippen LogP contribution in [0.25, 0.3) is 0 Å². The molecular weight excluding hydrogens is 301 g/mol. The molecule has 20 heavy (non-hydrogen) atoms. The van der Waals surface area contributed by atoms with Gasteiger partial charge in [0, 0.05) is 11.7 Å². The van der Waals surface area contributed by atoms with E-state index in [0.717, 1.165) is 12.1 Å². The summed E-state index contributed by atoms with van der Waals surface area (Å²) in [5.74, 6) is 0. The van der Waals surface area contributed by atoms with Crippen LogP contribution in [0, 0.1) is 11.3 Å². The fourth-order valence-corrected chi connectivity index (χ4v) is 2.50. The third-order valence-corrected chi connectivity index (χ3v) is 4.10. The van der Waals surface area contributed by atoms with Gasteiger partial charge in [0.05, 0.1) is 25.3 Å². The molecule has 0 radical (unpaired) electrons. The van der Waals surface area contributed by atoms with E-state index < -0.39 is 25.4 Å². The van der Waals surface area contributed by atoms with E-state index in [1.54, 1.807) is 6.07 Å². The van der Waals surface area contributed by atoms with Crippen LogP contribution in [0.15, 0.2) is 18.2 Å². The third kappa shape index (κ3) is 4.61. The molecule has 1 aromatic rings. The zero-order valence-electron chi connectivity index (χ0n) is 11.4. The van der Waals surface area contributed by atoms with Gasteiger partial charge in [0.25, 0.3) is 0 Å².